The van der Waals surface area contributed by atoms with Crippen LogP contribution in [0.2, 0.25) is 0 Å². The Balaban J connectivity index is 1.70. The Morgan fingerprint density at radius 2 is 1.47 bits per heavy atom. The Morgan fingerprint density at radius 3 is 2.18 bits per heavy atom. The first-order valence-corrected chi connectivity index (χ1v) is 10.8. The van der Waals surface area contributed by atoms with Crippen molar-refractivity contribution in [1.29, 1.82) is 0 Å². The number of hydrogen-bond donors (Lipinski definition) is 2. The molecule has 0 fully saturated rings. The third kappa shape index (κ3) is 4.70. The first-order valence-electron chi connectivity index (χ1n) is 10.8. The van der Waals surface area contributed by atoms with Gasteiger partial charge >= 0.3 is 0 Å². The maximum absolute atomic E-state index is 13.8. The van der Waals surface area contributed by atoms with Gasteiger partial charge in [0, 0.05) is 11.7 Å². The van der Waals surface area contributed by atoms with Crippen LogP contribution in [0.25, 0.3) is 0 Å². The van der Waals surface area contributed by atoms with Crippen molar-refractivity contribution in [3.8, 4) is 11.5 Å². The molecular formula is C27H25FN2O4. The van der Waals surface area contributed by atoms with E-state index < -0.39 is 10.9 Å². The zero-order valence-corrected chi connectivity index (χ0v) is 19.1. The topological polar surface area (TPSA) is 76.7 Å². The second-order valence-corrected chi connectivity index (χ2v) is 7.97. The molecule has 0 aliphatic carbocycles. The number of hydrogen-bond acceptors (Lipinski definition) is 6. The maximum Gasteiger partial charge on any atom is 0.272 e. The Kier molecular flexibility index (Phi) is 6.75. The van der Waals surface area contributed by atoms with Crippen LogP contribution in [0.3, 0.4) is 0 Å². The average Bonchev–Trinajstić information content (AvgIpc) is 2.86. The summed E-state index contributed by atoms with van der Waals surface area (Å²) in [4.78, 5) is 23.6. The summed E-state index contributed by atoms with van der Waals surface area (Å²) in [5.74, 6) is 0.445. The number of methoxy groups -OCH3 is 2. The van der Waals surface area contributed by atoms with Gasteiger partial charge in [-0.15, -0.1) is 0 Å². The standard InChI is InChI=1S/C27H25FN2O4/c1-16(17-7-4-10-20(28)13-17)29-23(19-9-6-12-22(15-19)33-2)18-8-5-11-21(14-18)30-24-25(31)26(32)27(24)34-3/h4-16,23,29-30H,1-3H3/t16-,23?/m0/s1. The van der Waals surface area contributed by atoms with Crippen molar-refractivity contribution in [2.75, 3.05) is 19.5 Å². The van der Waals surface area contributed by atoms with Gasteiger partial charge in [-0.2, -0.15) is 0 Å². The summed E-state index contributed by atoms with van der Waals surface area (Å²) >= 11 is 0. The third-order valence-corrected chi connectivity index (χ3v) is 5.75. The van der Waals surface area contributed by atoms with Crippen LogP contribution in [0, 0.1) is 5.82 Å². The summed E-state index contributed by atoms with van der Waals surface area (Å²) in [7, 11) is 2.97. The van der Waals surface area contributed by atoms with Crippen molar-refractivity contribution >= 4 is 11.4 Å². The summed E-state index contributed by atoms with van der Waals surface area (Å²) in [5, 5.41) is 6.58. The Hall–Kier alpha value is -3.97. The molecule has 4 aromatic rings. The van der Waals surface area contributed by atoms with Gasteiger partial charge in [0.05, 0.1) is 20.3 Å². The molecule has 1 unspecified atom stereocenters. The van der Waals surface area contributed by atoms with E-state index in [4.69, 9.17) is 9.47 Å². The number of halogens is 1. The minimum absolute atomic E-state index is 0.0256. The number of anilines is 2. The fourth-order valence-electron chi connectivity index (χ4n) is 3.95. The van der Waals surface area contributed by atoms with E-state index in [1.54, 1.807) is 19.2 Å². The Morgan fingerprint density at radius 1 is 0.794 bits per heavy atom. The zero-order chi connectivity index (χ0) is 24.2. The minimum atomic E-state index is -0.638. The molecule has 7 heteroatoms. The van der Waals surface area contributed by atoms with Crippen LogP contribution in [0.15, 0.2) is 82.4 Å². The fourth-order valence-corrected chi connectivity index (χ4v) is 3.95. The highest BCUT2D eigenvalue weighted by atomic mass is 19.1. The van der Waals surface area contributed by atoms with Crippen LogP contribution < -0.4 is 31.0 Å². The minimum Gasteiger partial charge on any atom is -0.497 e. The monoisotopic (exact) mass is 460 g/mol. The smallest absolute Gasteiger partial charge is 0.272 e. The molecule has 0 amide bonds. The van der Waals surface area contributed by atoms with Crippen LogP contribution in [-0.4, -0.2) is 14.2 Å². The molecule has 6 nitrogen and oxygen atoms in total. The first-order chi connectivity index (χ1) is 16.4. The average molecular weight is 461 g/mol. The molecule has 174 valence electrons. The molecule has 0 aliphatic rings. The van der Waals surface area contributed by atoms with E-state index in [1.807, 2.05) is 55.5 Å². The van der Waals surface area contributed by atoms with E-state index in [-0.39, 0.29) is 29.3 Å². The molecule has 0 radical (unpaired) electrons. The summed E-state index contributed by atoms with van der Waals surface area (Å²) in [6.45, 7) is 1.97. The van der Waals surface area contributed by atoms with Crippen molar-refractivity contribution in [2.45, 2.75) is 19.0 Å². The van der Waals surface area contributed by atoms with Gasteiger partial charge in [-0.25, -0.2) is 4.39 Å². The molecule has 4 aromatic carbocycles. The van der Waals surface area contributed by atoms with Crippen molar-refractivity contribution in [3.05, 3.63) is 116 Å². The van der Waals surface area contributed by atoms with Crippen molar-refractivity contribution in [3.63, 3.8) is 0 Å². The van der Waals surface area contributed by atoms with Gasteiger partial charge < -0.3 is 14.8 Å². The second-order valence-electron chi connectivity index (χ2n) is 7.97. The zero-order valence-electron chi connectivity index (χ0n) is 19.1. The summed E-state index contributed by atoms with van der Waals surface area (Å²) in [6.07, 6.45) is 0. The lowest BCUT2D eigenvalue weighted by molar-refractivity contribution is 0.408. The highest BCUT2D eigenvalue weighted by Crippen LogP contribution is 2.31. The predicted octanol–water partition coefficient (Wildman–Crippen LogP) is 4.62. The highest BCUT2D eigenvalue weighted by Gasteiger charge is 2.23. The van der Waals surface area contributed by atoms with Crippen molar-refractivity contribution in [2.24, 2.45) is 0 Å². The molecule has 34 heavy (non-hydrogen) atoms. The number of ether oxygens (including phenoxy) is 2. The van der Waals surface area contributed by atoms with Crippen molar-refractivity contribution < 1.29 is 13.9 Å². The van der Waals surface area contributed by atoms with Gasteiger partial charge in [0.1, 0.15) is 17.3 Å². The molecule has 0 saturated carbocycles. The summed E-state index contributed by atoms with van der Waals surface area (Å²) in [6, 6.07) is 21.3. The van der Waals surface area contributed by atoms with Crippen LogP contribution in [0.1, 0.15) is 35.7 Å². The Bertz CT molecular complexity index is 1380. The lowest BCUT2D eigenvalue weighted by atomic mass is 9.96. The van der Waals surface area contributed by atoms with E-state index in [2.05, 4.69) is 10.6 Å². The quantitative estimate of drug-likeness (QED) is 0.355. The number of benzene rings is 3. The highest BCUT2D eigenvalue weighted by molar-refractivity contribution is 5.70. The van der Waals surface area contributed by atoms with Gasteiger partial charge in [0.15, 0.2) is 5.75 Å². The fraction of sp³-hybridized carbons (Fsp3) is 0.185. The van der Waals surface area contributed by atoms with Gasteiger partial charge in [-0.1, -0.05) is 36.4 Å². The van der Waals surface area contributed by atoms with E-state index >= 15 is 0 Å². The normalized spacial score (nSPS) is 12.8. The number of rotatable bonds is 9. The van der Waals surface area contributed by atoms with E-state index in [1.165, 1.54) is 19.2 Å². The molecule has 2 N–H and O–H groups in total. The molecule has 0 spiro atoms. The van der Waals surface area contributed by atoms with Gasteiger partial charge in [-0.05, 0) is 60.0 Å². The largest absolute Gasteiger partial charge is 0.497 e. The van der Waals surface area contributed by atoms with Crippen LogP contribution in [-0.2, 0) is 0 Å². The lowest BCUT2D eigenvalue weighted by Gasteiger charge is -2.26. The molecule has 0 saturated heterocycles. The first kappa shape index (κ1) is 23.2. The molecule has 0 heterocycles. The molecule has 0 aromatic heterocycles. The Labute approximate surface area is 196 Å². The van der Waals surface area contributed by atoms with Gasteiger partial charge in [0.25, 0.3) is 10.9 Å². The molecule has 2 atom stereocenters. The van der Waals surface area contributed by atoms with E-state index in [0.29, 0.717) is 11.4 Å². The van der Waals surface area contributed by atoms with Gasteiger partial charge in [0.2, 0.25) is 0 Å². The predicted molar refractivity (Wildman–Crippen MR) is 130 cm³/mol. The molecular weight excluding hydrogens is 435 g/mol. The van der Waals surface area contributed by atoms with Gasteiger partial charge in [-0.3, -0.25) is 14.9 Å². The molecule has 4 rings (SSSR count). The van der Waals surface area contributed by atoms with Crippen LogP contribution in [0.5, 0.6) is 11.5 Å². The maximum atomic E-state index is 13.8. The van der Waals surface area contributed by atoms with Crippen LogP contribution in [0.4, 0.5) is 15.8 Å². The van der Waals surface area contributed by atoms with E-state index in [9.17, 15) is 14.0 Å². The number of nitrogens with one attached hydrogen (secondary N) is 2. The molecule has 0 aliphatic heterocycles. The summed E-state index contributed by atoms with van der Waals surface area (Å²) < 4.78 is 24.3. The third-order valence-electron chi connectivity index (χ3n) is 5.75. The SMILES string of the molecule is COc1cccc(C(N[C@@H](C)c2cccc(F)c2)c2cccc(Nc3c(OC)c(=O)c3=O)c2)c1. The summed E-state index contributed by atoms with van der Waals surface area (Å²) in [5.41, 5.74) is 2.20. The second kappa shape index (κ2) is 9.89. The molecule has 0 bridgehead atoms. The van der Waals surface area contributed by atoms with Crippen molar-refractivity contribution in [1.82, 2.24) is 5.32 Å². The van der Waals surface area contributed by atoms with E-state index in [0.717, 1.165) is 16.7 Å². The lowest BCUT2D eigenvalue weighted by Crippen LogP contribution is -2.34. The van der Waals surface area contributed by atoms with Crippen LogP contribution >= 0.6 is 0 Å².